The number of furan rings is 1. The second kappa shape index (κ2) is 6.58. The van der Waals surface area contributed by atoms with Crippen molar-refractivity contribution in [1.29, 1.82) is 0 Å². The van der Waals surface area contributed by atoms with Crippen molar-refractivity contribution in [3.8, 4) is 0 Å². The lowest BCUT2D eigenvalue weighted by Gasteiger charge is -2.21. The van der Waals surface area contributed by atoms with Crippen molar-refractivity contribution in [2.75, 3.05) is 6.54 Å². The SMILES string of the molecule is CCCNC(c1ccccc1C)c1ccoc1CC. The third-order valence-electron chi connectivity index (χ3n) is 3.51. The van der Waals surface area contributed by atoms with Gasteiger partial charge >= 0.3 is 0 Å². The molecule has 2 nitrogen and oxygen atoms in total. The minimum Gasteiger partial charge on any atom is -0.469 e. The summed E-state index contributed by atoms with van der Waals surface area (Å²) in [5.41, 5.74) is 3.93. The fraction of sp³-hybridized carbons (Fsp3) is 0.412. The summed E-state index contributed by atoms with van der Waals surface area (Å²) in [6, 6.07) is 10.9. The van der Waals surface area contributed by atoms with E-state index < -0.39 is 0 Å². The highest BCUT2D eigenvalue weighted by molar-refractivity contribution is 5.37. The van der Waals surface area contributed by atoms with Crippen LogP contribution in [0.2, 0.25) is 0 Å². The van der Waals surface area contributed by atoms with Gasteiger partial charge < -0.3 is 9.73 Å². The summed E-state index contributed by atoms with van der Waals surface area (Å²) in [4.78, 5) is 0. The van der Waals surface area contributed by atoms with Crippen molar-refractivity contribution < 1.29 is 4.42 Å². The summed E-state index contributed by atoms with van der Waals surface area (Å²) in [6.45, 7) is 7.50. The summed E-state index contributed by atoms with van der Waals surface area (Å²) in [6.07, 6.45) is 3.85. The number of hydrogen-bond acceptors (Lipinski definition) is 2. The van der Waals surface area contributed by atoms with E-state index in [1.807, 2.05) is 0 Å². The maximum Gasteiger partial charge on any atom is 0.108 e. The molecule has 1 heterocycles. The highest BCUT2D eigenvalue weighted by Gasteiger charge is 2.19. The van der Waals surface area contributed by atoms with Gasteiger partial charge in [0.1, 0.15) is 5.76 Å². The first kappa shape index (κ1) is 13.9. The van der Waals surface area contributed by atoms with E-state index in [1.54, 1.807) is 6.26 Å². The Labute approximate surface area is 115 Å². The number of rotatable bonds is 6. The van der Waals surface area contributed by atoms with Crippen molar-refractivity contribution >= 4 is 0 Å². The Morgan fingerprint density at radius 3 is 2.58 bits per heavy atom. The van der Waals surface area contributed by atoms with E-state index in [9.17, 15) is 0 Å². The molecule has 0 saturated carbocycles. The van der Waals surface area contributed by atoms with Crippen LogP contribution in [-0.4, -0.2) is 6.54 Å². The van der Waals surface area contributed by atoms with Crippen molar-refractivity contribution in [2.45, 2.75) is 39.7 Å². The predicted molar refractivity (Wildman–Crippen MR) is 79.4 cm³/mol. The lowest BCUT2D eigenvalue weighted by molar-refractivity contribution is 0.499. The van der Waals surface area contributed by atoms with Crippen LogP contribution in [0.3, 0.4) is 0 Å². The molecule has 0 saturated heterocycles. The molecule has 0 fully saturated rings. The molecule has 102 valence electrons. The number of aryl methyl sites for hydroxylation is 2. The van der Waals surface area contributed by atoms with Gasteiger partial charge in [-0.3, -0.25) is 0 Å². The summed E-state index contributed by atoms with van der Waals surface area (Å²) < 4.78 is 5.60. The maximum atomic E-state index is 5.60. The smallest absolute Gasteiger partial charge is 0.108 e. The van der Waals surface area contributed by atoms with Gasteiger partial charge in [0.05, 0.1) is 12.3 Å². The van der Waals surface area contributed by atoms with Crippen LogP contribution < -0.4 is 5.32 Å². The van der Waals surface area contributed by atoms with Crippen LogP contribution in [0.25, 0.3) is 0 Å². The third-order valence-corrected chi connectivity index (χ3v) is 3.51. The van der Waals surface area contributed by atoms with Crippen LogP contribution >= 0.6 is 0 Å². The number of nitrogens with one attached hydrogen (secondary N) is 1. The molecule has 2 heteroatoms. The average molecular weight is 257 g/mol. The van der Waals surface area contributed by atoms with Gasteiger partial charge in [-0.05, 0) is 37.1 Å². The zero-order chi connectivity index (χ0) is 13.7. The monoisotopic (exact) mass is 257 g/mol. The summed E-state index contributed by atoms with van der Waals surface area (Å²) in [7, 11) is 0. The molecule has 0 aliphatic rings. The lowest BCUT2D eigenvalue weighted by Crippen LogP contribution is -2.24. The molecule has 1 N–H and O–H groups in total. The van der Waals surface area contributed by atoms with Gasteiger partial charge in [0.25, 0.3) is 0 Å². The van der Waals surface area contributed by atoms with Crippen LogP contribution in [0.5, 0.6) is 0 Å². The second-order valence-corrected chi connectivity index (χ2v) is 4.90. The zero-order valence-corrected chi connectivity index (χ0v) is 12.1. The van der Waals surface area contributed by atoms with Crippen LogP contribution in [0.15, 0.2) is 41.0 Å². The Morgan fingerprint density at radius 1 is 1.11 bits per heavy atom. The molecule has 19 heavy (non-hydrogen) atoms. The standard InChI is InChI=1S/C17H23NO/c1-4-11-18-17(14-9-7-6-8-13(14)3)15-10-12-19-16(15)5-2/h6-10,12,17-18H,4-5,11H2,1-3H3. The third kappa shape index (κ3) is 3.07. The van der Waals surface area contributed by atoms with Gasteiger partial charge in [0, 0.05) is 12.0 Å². The molecule has 0 amide bonds. The van der Waals surface area contributed by atoms with Gasteiger partial charge in [0.15, 0.2) is 0 Å². The van der Waals surface area contributed by atoms with Gasteiger partial charge in [-0.25, -0.2) is 0 Å². The minimum absolute atomic E-state index is 0.231. The molecule has 0 spiro atoms. The minimum atomic E-state index is 0.231. The first-order chi connectivity index (χ1) is 9.27. The fourth-order valence-electron chi connectivity index (χ4n) is 2.48. The van der Waals surface area contributed by atoms with E-state index >= 15 is 0 Å². The topological polar surface area (TPSA) is 25.2 Å². The molecule has 1 aromatic heterocycles. The number of benzene rings is 1. The van der Waals surface area contributed by atoms with Gasteiger partial charge in [-0.1, -0.05) is 38.1 Å². The normalized spacial score (nSPS) is 12.6. The molecular weight excluding hydrogens is 234 g/mol. The second-order valence-electron chi connectivity index (χ2n) is 4.90. The molecule has 2 rings (SSSR count). The Hall–Kier alpha value is -1.54. The van der Waals surface area contributed by atoms with Crippen LogP contribution in [0.1, 0.15) is 48.8 Å². The molecule has 0 bridgehead atoms. The van der Waals surface area contributed by atoms with E-state index in [4.69, 9.17) is 4.42 Å². The molecule has 0 radical (unpaired) electrons. The molecule has 1 unspecified atom stereocenters. The summed E-state index contributed by atoms with van der Waals surface area (Å²) in [5.74, 6) is 1.08. The van der Waals surface area contributed by atoms with Crippen molar-refractivity contribution in [1.82, 2.24) is 5.32 Å². The summed E-state index contributed by atoms with van der Waals surface area (Å²) in [5, 5.41) is 3.64. The molecule has 0 aliphatic heterocycles. The van der Waals surface area contributed by atoms with Crippen LogP contribution in [0.4, 0.5) is 0 Å². The highest BCUT2D eigenvalue weighted by atomic mass is 16.3. The zero-order valence-electron chi connectivity index (χ0n) is 12.1. The first-order valence-electron chi connectivity index (χ1n) is 7.13. The molecule has 1 atom stereocenters. The van der Waals surface area contributed by atoms with E-state index in [2.05, 4.69) is 56.4 Å². The summed E-state index contributed by atoms with van der Waals surface area (Å²) >= 11 is 0. The predicted octanol–water partition coefficient (Wildman–Crippen LogP) is 4.24. The first-order valence-corrected chi connectivity index (χ1v) is 7.13. The van der Waals surface area contributed by atoms with Crippen LogP contribution in [-0.2, 0) is 6.42 Å². The van der Waals surface area contributed by atoms with Gasteiger partial charge in [-0.2, -0.15) is 0 Å². The van der Waals surface area contributed by atoms with E-state index in [-0.39, 0.29) is 6.04 Å². The molecule has 1 aromatic carbocycles. The van der Waals surface area contributed by atoms with Crippen molar-refractivity contribution in [3.05, 3.63) is 59.0 Å². The molecular formula is C17H23NO. The Morgan fingerprint density at radius 2 is 1.89 bits per heavy atom. The lowest BCUT2D eigenvalue weighted by atomic mass is 9.94. The van der Waals surface area contributed by atoms with E-state index in [0.29, 0.717) is 0 Å². The fourth-order valence-corrected chi connectivity index (χ4v) is 2.48. The Kier molecular flexibility index (Phi) is 4.80. The largest absolute Gasteiger partial charge is 0.469 e. The highest BCUT2D eigenvalue weighted by Crippen LogP contribution is 2.28. The molecule has 0 aliphatic carbocycles. The Bertz CT molecular complexity index is 515. The maximum absolute atomic E-state index is 5.60. The molecule has 2 aromatic rings. The average Bonchev–Trinajstić information content (AvgIpc) is 2.89. The van der Waals surface area contributed by atoms with Crippen molar-refractivity contribution in [3.63, 3.8) is 0 Å². The quantitative estimate of drug-likeness (QED) is 0.837. The van der Waals surface area contributed by atoms with Gasteiger partial charge in [-0.15, -0.1) is 0 Å². The Balaban J connectivity index is 2.39. The van der Waals surface area contributed by atoms with Crippen molar-refractivity contribution in [2.24, 2.45) is 0 Å². The van der Waals surface area contributed by atoms with E-state index in [1.165, 1.54) is 16.7 Å². The van der Waals surface area contributed by atoms with Crippen LogP contribution in [0, 0.1) is 6.92 Å². The van der Waals surface area contributed by atoms with E-state index in [0.717, 1.165) is 25.1 Å². The van der Waals surface area contributed by atoms with Gasteiger partial charge in [0.2, 0.25) is 0 Å². The number of hydrogen-bond donors (Lipinski definition) is 1.